The van der Waals surface area contributed by atoms with Gasteiger partial charge in [-0.25, -0.2) is 8.42 Å². The molecule has 0 radical (unpaired) electrons. The fourth-order valence-corrected chi connectivity index (χ4v) is 4.49. The van der Waals surface area contributed by atoms with E-state index in [1.165, 1.54) is 9.80 Å². The van der Waals surface area contributed by atoms with Crippen LogP contribution in [-0.4, -0.2) is 67.7 Å². The van der Waals surface area contributed by atoms with E-state index >= 15 is 0 Å². The predicted molar refractivity (Wildman–Crippen MR) is 72.4 cm³/mol. The summed E-state index contributed by atoms with van der Waals surface area (Å²) in [5, 5.41) is 0. The summed E-state index contributed by atoms with van der Waals surface area (Å²) >= 11 is 0. The van der Waals surface area contributed by atoms with Crippen LogP contribution in [0.1, 0.15) is 26.7 Å². The predicted octanol–water partition coefficient (Wildman–Crippen LogP) is -0.111. The highest BCUT2D eigenvalue weighted by molar-refractivity contribution is 7.91. The Morgan fingerprint density at radius 1 is 0.947 bits per heavy atom. The SMILES string of the molecule is CCC(=O)N(C)[C@@H]1CS(=O)(=O)C[C@H]1N(C)C(=O)CC. The highest BCUT2D eigenvalue weighted by Crippen LogP contribution is 2.22. The van der Waals surface area contributed by atoms with Crippen LogP contribution in [0.25, 0.3) is 0 Å². The molecular weight excluding hydrogens is 268 g/mol. The minimum Gasteiger partial charge on any atom is -0.340 e. The van der Waals surface area contributed by atoms with Gasteiger partial charge >= 0.3 is 0 Å². The summed E-state index contributed by atoms with van der Waals surface area (Å²) in [5.41, 5.74) is 0. The summed E-state index contributed by atoms with van der Waals surface area (Å²) in [4.78, 5) is 26.4. The number of hydrogen-bond donors (Lipinski definition) is 0. The lowest BCUT2D eigenvalue weighted by molar-refractivity contribution is -0.137. The molecule has 1 rings (SSSR count). The topological polar surface area (TPSA) is 74.8 Å². The molecule has 0 aromatic rings. The van der Waals surface area contributed by atoms with E-state index in [4.69, 9.17) is 0 Å². The molecule has 1 heterocycles. The second-order valence-electron chi connectivity index (χ2n) is 4.93. The molecule has 110 valence electrons. The average molecular weight is 290 g/mol. The van der Waals surface area contributed by atoms with Crippen LogP contribution < -0.4 is 0 Å². The summed E-state index contributed by atoms with van der Waals surface area (Å²) in [7, 11) is 0.00558. The molecule has 7 heteroatoms. The molecule has 19 heavy (non-hydrogen) atoms. The highest BCUT2D eigenvalue weighted by atomic mass is 32.2. The maximum absolute atomic E-state index is 11.8. The van der Waals surface area contributed by atoms with Gasteiger partial charge in [-0.1, -0.05) is 13.8 Å². The van der Waals surface area contributed by atoms with Crippen molar-refractivity contribution >= 4 is 21.7 Å². The Kier molecular flexibility index (Phi) is 4.95. The Morgan fingerprint density at radius 3 is 1.53 bits per heavy atom. The summed E-state index contributed by atoms with van der Waals surface area (Å²) in [6, 6.07) is -0.893. The molecule has 0 aliphatic carbocycles. The first-order valence-electron chi connectivity index (χ1n) is 6.45. The molecule has 1 aliphatic heterocycles. The van der Waals surface area contributed by atoms with Crippen LogP contribution in [0.5, 0.6) is 0 Å². The Bertz CT molecular complexity index is 424. The van der Waals surface area contributed by atoms with Crippen molar-refractivity contribution in [2.45, 2.75) is 38.8 Å². The fraction of sp³-hybridized carbons (Fsp3) is 0.833. The normalized spacial score (nSPS) is 25.1. The first-order chi connectivity index (χ1) is 8.73. The third-order valence-electron chi connectivity index (χ3n) is 3.68. The number of amides is 2. The molecule has 0 aromatic heterocycles. The first kappa shape index (κ1) is 15.9. The van der Waals surface area contributed by atoms with Crippen molar-refractivity contribution in [2.24, 2.45) is 0 Å². The minimum atomic E-state index is -3.21. The molecule has 1 saturated heterocycles. The number of carbonyl (C=O) groups is 2. The zero-order valence-electron chi connectivity index (χ0n) is 11.9. The first-order valence-corrected chi connectivity index (χ1v) is 8.27. The van der Waals surface area contributed by atoms with E-state index in [0.717, 1.165) is 0 Å². The van der Waals surface area contributed by atoms with Gasteiger partial charge in [-0.05, 0) is 0 Å². The second-order valence-corrected chi connectivity index (χ2v) is 7.08. The van der Waals surface area contributed by atoms with E-state index in [2.05, 4.69) is 0 Å². The van der Waals surface area contributed by atoms with Crippen molar-refractivity contribution in [3.8, 4) is 0 Å². The maximum atomic E-state index is 11.8. The van der Waals surface area contributed by atoms with Gasteiger partial charge in [0.1, 0.15) is 0 Å². The minimum absolute atomic E-state index is 0.0682. The van der Waals surface area contributed by atoms with E-state index in [0.29, 0.717) is 12.8 Å². The molecular formula is C12H22N2O4S. The molecule has 1 fully saturated rings. The Balaban J connectivity index is 2.99. The summed E-state index contributed by atoms with van der Waals surface area (Å²) < 4.78 is 23.6. The van der Waals surface area contributed by atoms with Crippen molar-refractivity contribution in [1.29, 1.82) is 0 Å². The van der Waals surface area contributed by atoms with E-state index in [-0.39, 0.29) is 23.3 Å². The molecule has 0 aromatic carbocycles. The standard InChI is InChI=1S/C12H22N2O4S/c1-5-11(15)13(3)9-7-19(17,18)8-10(9)14(4)12(16)6-2/h9-10H,5-8H2,1-4H3/t9-,10-/m1/s1. The number of nitrogens with zero attached hydrogens (tertiary/aromatic N) is 2. The fourth-order valence-electron chi connectivity index (χ4n) is 2.42. The molecule has 2 atom stereocenters. The summed E-state index contributed by atoms with van der Waals surface area (Å²) in [5.74, 6) is -0.350. The monoisotopic (exact) mass is 290 g/mol. The van der Waals surface area contributed by atoms with Crippen molar-refractivity contribution in [1.82, 2.24) is 9.80 Å². The van der Waals surface area contributed by atoms with Crippen molar-refractivity contribution in [3.05, 3.63) is 0 Å². The molecule has 0 N–H and O–H groups in total. The van der Waals surface area contributed by atoms with Gasteiger partial charge in [-0.15, -0.1) is 0 Å². The smallest absolute Gasteiger partial charge is 0.222 e. The van der Waals surface area contributed by atoms with Crippen LogP contribution >= 0.6 is 0 Å². The summed E-state index contributed by atoms with van der Waals surface area (Å²) in [6.45, 7) is 3.47. The van der Waals surface area contributed by atoms with Crippen LogP contribution in [0.2, 0.25) is 0 Å². The van der Waals surface area contributed by atoms with E-state index in [9.17, 15) is 18.0 Å². The van der Waals surface area contributed by atoms with Gasteiger partial charge in [-0.2, -0.15) is 0 Å². The van der Waals surface area contributed by atoms with Gasteiger partial charge in [0, 0.05) is 26.9 Å². The third-order valence-corrected chi connectivity index (χ3v) is 5.38. The molecule has 0 saturated carbocycles. The number of likely N-dealkylation sites (N-methyl/N-ethyl adjacent to an activating group) is 2. The van der Waals surface area contributed by atoms with Gasteiger partial charge in [0.25, 0.3) is 0 Å². The lowest BCUT2D eigenvalue weighted by atomic mass is 10.1. The number of rotatable bonds is 4. The highest BCUT2D eigenvalue weighted by Gasteiger charge is 2.44. The van der Waals surface area contributed by atoms with E-state index in [1.54, 1.807) is 27.9 Å². The molecule has 6 nitrogen and oxygen atoms in total. The van der Waals surface area contributed by atoms with Crippen LogP contribution in [0.4, 0.5) is 0 Å². The van der Waals surface area contributed by atoms with Crippen molar-refractivity contribution < 1.29 is 18.0 Å². The van der Waals surface area contributed by atoms with Crippen LogP contribution in [0.15, 0.2) is 0 Å². The Hall–Kier alpha value is -1.11. The number of hydrogen-bond acceptors (Lipinski definition) is 4. The lowest BCUT2D eigenvalue weighted by Gasteiger charge is -2.33. The quantitative estimate of drug-likeness (QED) is 0.724. The van der Waals surface area contributed by atoms with E-state index in [1.807, 2.05) is 0 Å². The van der Waals surface area contributed by atoms with Gasteiger partial charge < -0.3 is 9.80 Å². The van der Waals surface area contributed by atoms with Gasteiger partial charge in [-0.3, -0.25) is 9.59 Å². The van der Waals surface area contributed by atoms with Gasteiger partial charge in [0.15, 0.2) is 9.84 Å². The summed E-state index contributed by atoms with van der Waals surface area (Å²) in [6.07, 6.45) is 0.649. The van der Waals surface area contributed by atoms with Crippen LogP contribution in [0, 0.1) is 0 Å². The molecule has 1 aliphatic rings. The second kappa shape index (κ2) is 5.90. The zero-order valence-corrected chi connectivity index (χ0v) is 12.7. The maximum Gasteiger partial charge on any atom is 0.222 e. The van der Waals surface area contributed by atoms with Crippen molar-refractivity contribution in [3.63, 3.8) is 0 Å². The average Bonchev–Trinajstić information content (AvgIpc) is 2.70. The molecule has 2 amide bonds. The third kappa shape index (κ3) is 3.46. The van der Waals surface area contributed by atoms with Crippen molar-refractivity contribution in [2.75, 3.05) is 25.6 Å². The van der Waals surface area contributed by atoms with E-state index < -0.39 is 21.9 Å². The Morgan fingerprint density at radius 2 is 1.26 bits per heavy atom. The van der Waals surface area contributed by atoms with Gasteiger partial charge in [0.2, 0.25) is 11.8 Å². The zero-order chi connectivity index (χ0) is 14.8. The molecule has 0 unspecified atom stereocenters. The molecule has 0 bridgehead atoms. The largest absolute Gasteiger partial charge is 0.340 e. The number of carbonyl (C=O) groups excluding carboxylic acids is 2. The number of sulfone groups is 1. The van der Waals surface area contributed by atoms with Crippen LogP contribution in [0.3, 0.4) is 0 Å². The van der Waals surface area contributed by atoms with Gasteiger partial charge in [0.05, 0.1) is 23.6 Å². The molecule has 0 spiro atoms. The van der Waals surface area contributed by atoms with Crippen LogP contribution in [-0.2, 0) is 19.4 Å². The lowest BCUT2D eigenvalue weighted by Crippen LogP contribution is -2.52. The Labute approximate surface area is 114 Å².